The molecule has 1 N–H and O–H groups in total. The molecule has 0 radical (unpaired) electrons. The Bertz CT molecular complexity index is 673. The molecule has 0 saturated heterocycles. The average molecular weight is 422 g/mol. The Hall–Kier alpha value is -1.88. The van der Waals surface area contributed by atoms with E-state index in [1.54, 1.807) is 6.07 Å². The Balaban J connectivity index is 0.000000461. The molecular weight excluding hydrogens is 381 g/mol. The van der Waals surface area contributed by atoms with Crippen LogP contribution in [0.2, 0.25) is 0 Å². The fourth-order valence-electron chi connectivity index (χ4n) is 3.38. The number of allylic oxidation sites excluding steroid dienone is 1. The number of amides is 1. The minimum atomic E-state index is -0.229. The first-order valence-corrected chi connectivity index (χ1v) is 11.3. The van der Waals surface area contributed by atoms with Gasteiger partial charge in [-0.3, -0.25) is 4.79 Å². The molecule has 1 aromatic rings. The summed E-state index contributed by atoms with van der Waals surface area (Å²) in [4.78, 5) is 10.3. The van der Waals surface area contributed by atoms with Gasteiger partial charge in [-0.25, -0.2) is 4.39 Å². The number of halogens is 1. The zero-order valence-electron chi connectivity index (χ0n) is 18.8. The van der Waals surface area contributed by atoms with Crippen LogP contribution >= 0.6 is 0 Å². The lowest BCUT2D eigenvalue weighted by molar-refractivity contribution is -0.119. The summed E-state index contributed by atoms with van der Waals surface area (Å²) in [6.45, 7) is 10.5. The molecule has 2 fully saturated rings. The lowest BCUT2D eigenvalue weighted by Crippen LogP contribution is -2.29. The molecule has 3 rings (SSSR count). The smallest absolute Gasteiger partial charge is 0.217 e. The van der Waals surface area contributed by atoms with Crippen LogP contribution in [0.3, 0.4) is 0 Å². The molecule has 1 aromatic carbocycles. The molecule has 4 nitrogen and oxygen atoms in total. The second-order valence-electron chi connectivity index (χ2n) is 8.60. The Morgan fingerprint density at radius 3 is 2.50 bits per heavy atom. The molecule has 2 aliphatic rings. The Labute approximate surface area is 182 Å². The molecule has 2 saturated carbocycles. The lowest BCUT2D eigenvalue weighted by Gasteiger charge is -2.26. The molecule has 0 aliphatic heterocycles. The highest BCUT2D eigenvalue weighted by Gasteiger charge is 2.22. The molecule has 2 aliphatic carbocycles. The molecule has 170 valence electrons. The number of nitrogens with one attached hydrogen (secondary N) is 1. The van der Waals surface area contributed by atoms with Crippen LogP contribution in [-0.4, -0.2) is 24.7 Å². The van der Waals surface area contributed by atoms with Crippen LogP contribution in [0.1, 0.15) is 72.7 Å². The van der Waals surface area contributed by atoms with E-state index in [0.717, 1.165) is 32.1 Å². The van der Waals surface area contributed by atoms with Crippen molar-refractivity contribution in [2.45, 2.75) is 84.5 Å². The van der Waals surface area contributed by atoms with Crippen molar-refractivity contribution in [1.29, 1.82) is 0 Å². The first-order chi connectivity index (χ1) is 14.4. The first-order valence-electron chi connectivity index (χ1n) is 11.3. The zero-order chi connectivity index (χ0) is 21.9. The van der Waals surface area contributed by atoms with Crippen LogP contribution in [0, 0.1) is 17.7 Å². The van der Waals surface area contributed by atoms with Crippen molar-refractivity contribution in [3.8, 4) is 5.75 Å². The van der Waals surface area contributed by atoms with E-state index < -0.39 is 0 Å². The quantitative estimate of drug-likeness (QED) is 0.494. The highest BCUT2D eigenvalue weighted by molar-refractivity contribution is 5.73. The average Bonchev–Trinajstić information content (AvgIpc) is 3.56. The van der Waals surface area contributed by atoms with E-state index in [9.17, 15) is 9.18 Å². The maximum Gasteiger partial charge on any atom is 0.217 e. The highest BCUT2D eigenvalue weighted by atomic mass is 19.1. The molecular formula is C25H40FNO3. The van der Waals surface area contributed by atoms with Gasteiger partial charge in [-0.05, 0) is 69.8 Å². The van der Waals surface area contributed by atoms with Crippen LogP contribution in [0.5, 0.6) is 5.75 Å². The largest absolute Gasteiger partial charge is 0.493 e. The van der Waals surface area contributed by atoms with Crippen LogP contribution in [0.4, 0.5) is 4.39 Å². The Morgan fingerprint density at radius 2 is 2.00 bits per heavy atom. The van der Waals surface area contributed by atoms with Crippen molar-refractivity contribution in [3.05, 3.63) is 42.2 Å². The van der Waals surface area contributed by atoms with E-state index in [4.69, 9.17) is 9.47 Å². The number of carbonyl (C=O) groups is 1. The van der Waals surface area contributed by atoms with Crippen molar-refractivity contribution in [1.82, 2.24) is 5.32 Å². The van der Waals surface area contributed by atoms with Crippen molar-refractivity contribution in [2.75, 3.05) is 6.61 Å². The molecule has 0 heterocycles. The number of hydrogen-bond acceptors (Lipinski definition) is 3. The Morgan fingerprint density at radius 1 is 1.30 bits per heavy atom. The van der Waals surface area contributed by atoms with E-state index >= 15 is 0 Å². The van der Waals surface area contributed by atoms with Gasteiger partial charge in [-0.1, -0.05) is 19.1 Å². The van der Waals surface area contributed by atoms with Gasteiger partial charge in [0.25, 0.3) is 0 Å². The van der Waals surface area contributed by atoms with Gasteiger partial charge in [0.2, 0.25) is 5.91 Å². The van der Waals surface area contributed by atoms with Crippen molar-refractivity contribution in [3.63, 3.8) is 0 Å². The Kier molecular flexibility index (Phi) is 10.4. The summed E-state index contributed by atoms with van der Waals surface area (Å²) in [6.07, 6.45) is 10.1. The van der Waals surface area contributed by atoms with Crippen molar-refractivity contribution < 1.29 is 20.1 Å². The predicted octanol–water partition coefficient (Wildman–Crippen LogP) is 6.04. The maximum absolute atomic E-state index is 14.1. The van der Waals surface area contributed by atoms with Crippen LogP contribution in [-0.2, 0) is 16.1 Å². The van der Waals surface area contributed by atoms with E-state index in [1.807, 2.05) is 26.0 Å². The monoisotopic (exact) mass is 421 g/mol. The van der Waals surface area contributed by atoms with Gasteiger partial charge in [0, 0.05) is 26.0 Å². The number of carbonyl (C=O) groups excluding carboxylic acids is 1. The lowest BCUT2D eigenvalue weighted by atomic mass is 9.87. The third-order valence-electron chi connectivity index (χ3n) is 5.80. The van der Waals surface area contributed by atoms with E-state index in [-0.39, 0.29) is 19.3 Å². The summed E-state index contributed by atoms with van der Waals surface area (Å²) in [5.41, 5.74) is 0.615. The molecule has 0 spiro atoms. The number of benzene rings is 1. The normalized spacial score (nSPS) is 21.7. The minimum Gasteiger partial charge on any atom is -0.493 e. The van der Waals surface area contributed by atoms with Gasteiger partial charge in [0.05, 0.1) is 19.3 Å². The highest BCUT2D eigenvalue weighted by Crippen LogP contribution is 2.30. The minimum absolute atomic E-state index is 0. The molecule has 1 atom stereocenters. The molecule has 0 aromatic heterocycles. The van der Waals surface area contributed by atoms with Crippen LogP contribution in [0.25, 0.3) is 0 Å². The molecule has 30 heavy (non-hydrogen) atoms. The summed E-state index contributed by atoms with van der Waals surface area (Å²) in [6, 6.07) is 5.44. The summed E-state index contributed by atoms with van der Waals surface area (Å²) in [7, 11) is 0. The molecule has 5 heteroatoms. The number of ether oxygens (including phenoxy) is 2. The van der Waals surface area contributed by atoms with E-state index in [2.05, 4.69) is 11.9 Å². The third-order valence-corrected chi connectivity index (χ3v) is 5.80. The molecule has 1 amide bonds. The van der Waals surface area contributed by atoms with Gasteiger partial charge in [0.15, 0.2) is 0 Å². The van der Waals surface area contributed by atoms with Crippen LogP contribution in [0.15, 0.2) is 30.9 Å². The van der Waals surface area contributed by atoms with E-state index in [0.29, 0.717) is 42.4 Å². The van der Waals surface area contributed by atoms with Crippen molar-refractivity contribution >= 4 is 5.91 Å². The SMILES string of the molecule is C=CC1CCC(OCc2ccc(OCC3CC3)cc2F)CC1.CC[C@H](C)NC(C)=O.[HH]. The van der Waals surface area contributed by atoms with E-state index in [1.165, 1.54) is 25.8 Å². The number of hydrogen-bond donors (Lipinski definition) is 1. The van der Waals surface area contributed by atoms with Gasteiger partial charge < -0.3 is 14.8 Å². The predicted molar refractivity (Wildman–Crippen MR) is 121 cm³/mol. The summed E-state index contributed by atoms with van der Waals surface area (Å²) >= 11 is 0. The van der Waals surface area contributed by atoms with Crippen molar-refractivity contribution in [2.24, 2.45) is 11.8 Å². The first kappa shape index (κ1) is 24.4. The maximum atomic E-state index is 14.1. The third kappa shape index (κ3) is 9.29. The fourth-order valence-corrected chi connectivity index (χ4v) is 3.38. The topological polar surface area (TPSA) is 47.6 Å². The standard InChI is InChI=1S/C19H25FO2.C6H13NO.H2/c1-2-14-5-8-17(9-6-14)22-13-16-7-10-18(11-19(16)20)21-12-15-3-4-15;1-4-5(2)7-6(3)8;/h2,7,10-11,14-15,17H,1,3-6,8-9,12-13H2;5H,4H2,1-3H3,(H,7,8);1H/t;5-;/m.0./s1. The summed E-state index contributed by atoms with van der Waals surface area (Å²) < 4.78 is 25.6. The second kappa shape index (κ2) is 12.7. The van der Waals surface area contributed by atoms with Gasteiger partial charge >= 0.3 is 0 Å². The van der Waals surface area contributed by atoms with Crippen LogP contribution < -0.4 is 10.1 Å². The zero-order valence-corrected chi connectivity index (χ0v) is 18.8. The second-order valence-corrected chi connectivity index (χ2v) is 8.60. The summed E-state index contributed by atoms with van der Waals surface area (Å²) in [5.74, 6) is 1.75. The summed E-state index contributed by atoms with van der Waals surface area (Å²) in [5, 5.41) is 2.75. The molecule has 0 bridgehead atoms. The van der Waals surface area contributed by atoms with Gasteiger partial charge in [0.1, 0.15) is 11.6 Å². The fraction of sp³-hybridized carbons (Fsp3) is 0.640. The van der Waals surface area contributed by atoms with Gasteiger partial charge in [-0.15, -0.1) is 6.58 Å². The molecule has 0 unspecified atom stereocenters. The van der Waals surface area contributed by atoms with Gasteiger partial charge in [-0.2, -0.15) is 0 Å². The number of rotatable bonds is 9.